The van der Waals surface area contributed by atoms with E-state index in [1.165, 1.54) is 30.4 Å². The maximum atomic E-state index is 11.6. The number of hydrogen-bond donors (Lipinski definition) is 1. The highest BCUT2D eigenvalue weighted by Crippen LogP contribution is 2.30. The maximum absolute atomic E-state index is 11.6. The first-order valence-corrected chi connectivity index (χ1v) is 10.4. The van der Waals surface area contributed by atoms with E-state index in [9.17, 15) is 8.42 Å². The first-order chi connectivity index (χ1) is 10.0. The van der Waals surface area contributed by atoms with E-state index in [2.05, 4.69) is 11.4 Å². The second-order valence-electron chi connectivity index (χ2n) is 6.27. The van der Waals surface area contributed by atoms with Gasteiger partial charge in [0.1, 0.15) is 0 Å². The van der Waals surface area contributed by atoms with Crippen LogP contribution in [0.5, 0.6) is 0 Å². The molecule has 1 aromatic heterocycles. The molecule has 1 fully saturated rings. The molecule has 4 nitrogen and oxygen atoms in total. The molecule has 0 amide bonds. The van der Waals surface area contributed by atoms with Gasteiger partial charge in [0.25, 0.3) is 0 Å². The zero-order chi connectivity index (χ0) is 14.9. The van der Waals surface area contributed by atoms with E-state index in [0.717, 1.165) is 25.9 Å². The minimum Gasteiger partial charge on any atom is -0.312 e. The molecule has 2 aliphatic rings. The third-order valence-corrected chi connectivity index (χ3v) is 6.99. The molecule has 0 aromatic carbocycles. The van der Waals surface area contributed by atoms with Crippen LogP contribution in [0.2, 0.25) is 0 Å². The number of aryl methyl sites for hydroxylation is 2. The third-order valence-electron chi connectivity index (χ3n) is 4.48. The minimum absolute atomic E-state index is 0.445. The summed E-state index contributed by atoms with van der Waals surface area (Å²) in [5.74, 6) is 0.445. The molecule has 0 saturated carbocycles. The van der Waals surface area contributed by atoms with Gasteiger partial charge in [-0.15, -0.1) is 11.3 Å². The number of thiophene rings is 1. The van der Waals surface area contributed by atoms with Crippen LogP contribution in [0.3, 0.4) is 0 Å². The van der Waals surface area contributed by atoms with E-state index in [1.54, 1.807) is 14.7 Å². The maximum Gasteiger partial charge on any atom is 0.211 e. The lowest BCUT2D eigenvalue weighted by Crippen LogP contribution is -2.42. The quantitative estimate of drug-likeness (QED) is 0.899. The summed E-state index contributed by atoms with van der Waals surface area (Å²) in [5.41, 5.74) is 1.55. The molecule has 1 N–H and O–H groups in total. The fourth-order valence-corrected chi connectivity index (χ4v) is 5.54. The number of fused-ring (bicyclic) bond motifs is 1. The van der Waals surface area contributed by atoms with Crippen LogP contribution in [0.4, 0.5) is 0 Å². The Labute approximate surface area is 131 Å². The molecule has 2 heterocycles. The van der Waals surface area contributed by atoms with Crippen molar-refractivity contribution < 1.29 is 8.42 Å². The molecule has 1 aliphatic carbocycles. The van der Waals surface area contributed by atoms with Crippen molar-refractivity contribution in [3.63, 3.8) is 0 Å². The smallest absolute Gasteiger partial charge is 0.211 e. The Morgan fingerprint density at radius 1 is 1.38 bits per heavy atom. The first-order valence-electron chi connectivity index (χ1n) is 7.78. The molecule has 1 saturated heterocycles. The number of sulfonamides is 1. The van der Waals surface area contributed by atoms with Crippen molar-refractivity contribution in [2.24, 2.45) is 5.92 Å². The lowest BCUT2D eigenvalue weighted by atomic mass is 10.00. The van der Waals surface area contributed by atoms with Crippen molar-refractivity contribution in [3.05, 3.63) is 21.4 Å². The highest BCUT2D eigenvalue weighted by atomic mass is 32.2. The highest BCUT2D eigenvalue weighted by molar-refractivity contribution is 7.88. The lowest BCUT2D eigenvalue weighted by molar-refractivity contribution is 0.261. The van der Waals surface area contributed by atoms with E-state index in [0.29, 0.717) is 19.0 Å². The molecule has 0 bridgehead atoms. The Morgan fingerprint density at radius 2 is 2.24 bits per heavy atom. The van der Waals surface area contributed by atoms with E-state index in [4.69, 9.17) is 0 Å². The van der Waals surface area contributed by atoms with E-state index in [-0.39, 0.29) is 0 Å². The highest BCUT2D eigenvalue weighted by Gasteiger charge is 2.25. The van der Waals surface area contributed by atoms with Crippen molar-refractivity contribution >= 4 is 21.4 Å². The second kappa shape index (κ2) is 6.36. The topological polar surface area (TPSA) is 49.4 Å². The summed E-state index contributed by atoms with van der Waals surface area (Å²) < 4.78 is 24.9. The number of piperidine rings is 1. The summed E-state index contributed by atoms with van der Waals surface area (Å²) in [4.78, 5) is 3.00. The molecule has 1 aliphatic heterocycles. The standard InChI is InChI=1S/C15H24N2O2S2/c1-21(18,19)17-7-3-4-12(11-17)9-16-10-14-8-13-5-2-6-15(13)20-14/h8,12,16H,2-7,9-11H2,1H3. The van der Waals surface area contributed by atoms with Crippen molar-refractivity contribution in [1.29, 1.82) is 0 Å². The van der Waals surface area contributed by atoms with E-state index < -0.39 is 10.0 Å². The van der Waals surface area contributed by atoms with Crippen molar-refractivity contribution in [2.75, 3.05) is 25.9 Å². The summed E-state index contributed by atoms with van der Waals surface area (Å²) in [7, 11) is -3.03. The van der Waals surface area contributed by atoms with Crippen molar-refractivity contribution in [2.45, 2.75) is 38.6 Å². The average molecular weight is 329 g/mol. The molecule has 1 unspecified atom stereocenters. The molecular formula is C15H24N2O2S2. The van der Waals surface area contributed by atoms with Gasteiger partial charge in [-0.3, -0.25) is 0 Å². The summed E-state index contributed by atoms with van der Waals surface area (Å²) >= 11 is 1.94. The molecule has 6 heteroatoms. The normalized spacial score (nSPS) is 23.4. The van der Waals surface area contributed by atoms with Crippen molar-refractivity contribution in [3.8, 4) is 0 Å². The van der Waals surface area contributed by atoms with Crippen LogP contribution < -0.4 is 5.32 Å². The van der Waals surface area contributed by atoms with Crippen LogP contribution in [-0.4, -0.2) is 38.6 Å². The number of nitrogens with one attached hydrogen (secondary N) is 1. The Bertz CT molecular complexity index is 573. The Hall–Kier alpha value is -0.430. The van der Waals surface area contributed by atoms with Crippen molar-refractivity contribution in [1.82, 2.24) is 9.62 Å². The van der Waals surface area contributed by atoms with Crippen LogP contribution in [-0.2, 0) is 29.4 Å². The third kappa shape index (κ3) is 3.86. The molecule has 1 aromatic rings. The Kier molecular flexibility index (Phi) is 4.69. The van der Waals surface area contributed by atoms with Gasteiger partial charge in [0, 0.05) is 29.4 Å². The van der Waals surface area contributed by atoms with Gasteiger partial charge in [0.05, 0.1) is 6.26 Å². The second-order valence-corrected chi connectivity index (χ2v) is 9.48. The SMILES string of the molecule is CS(=O)(=O)N1CCCC(CNCc2cc3c(s2)CCC3)C1. The summed E-state index contributed by atoms with van der Waals surface area (Å²) in [5, 5.41) is 3.52. The number of nitrogens with zero attached hydrogens (tertiary/aromatic N) is 1. The van der Waals surface area contributed by atoms with Crippen LogP contribution >= 0.6 is 11.3 Å². The van der Waals surface area contributed by atoms with Crippen LogP contribution in [0.25, 0.3) is 0 Å². The van der Waals surface area contributed by atoms with Gasteiger partial charge < -0.3 is 5.32 Å². The molecular weight excluding hydrogens is 304 g/mol. The van der Waals surface area contributed by atoms with Crippen LogP contribution in [0, 0.1) is 5.92 Å². The molecule has 118 valence electrons. The Balaban J connectivity index is 1.46. The monoisotopic (exact) mass is 328 g/mol. The van der Waals surface area contributed by atoms with Gasteiger partial charge in [-0.25, -0.2) is 12.7 Å². The van der Waals surface area contributed by atoms with Gasteiger partial charge in [-0.1, -0.05) is 0 Å². The van der Waals surface area contributed by atoms with Crippen LogP contribution in [0.15, 0.2) is 6.07 Å². The predicted octanol–water partition coefficient (Wildman–Crippen LogP) is 2.00. The molecule has 0 spiro atoms. The van der Waals surface area contributed by atoms with Gasteiger partial charge >= 0.3 is 0 Å². The molecule has 0 radical (unpaired) electrons. The lowest BCUT2D eigenvalue weighted by Gasteiger charge is -2.31. The molecule has 3 rings (SSSR count). The summed E-state index contributed by atoms with van der Waals surface area (Å²) in [6.07, 6.45) is 7.24. The first kappa shape index (κ1) is 15.5. The summed E-state index contributed by atoms with van der Waals surface area (Å²) in [6, 6.07) is 2.35. The van der Waals surface area contributed by atoms with Gasteiger partial charge in [-0.2, -0.15) is 0 Å². The number of rotatable bonds is 5. The minimum atomic E-state index is -3.03. The fourth-order valence-electron chi connectivity index (χ4n) is 3.37. The van der Waals surface area contributed by atoms with Gasteiger partial charge in [0.15, 0.2) is 0 Å². The zero-order valence-electron chi connectivity index (χ0n) is 12.6. The van der Waals surface area contributed by atoms with Gasteiger partial charge in [-0.05, 0) is 56.2 Å². The van der Waals surface area contributed by atoms with Crippen LogP contribution in [0.1, 0.15) is 34.6 Å². The molecule has 1 atom stereocenters. The largest absolute Gasteiger partial charge is 0.312 e. The summed E-state index contributed by atoms with van der Waals surface area (Å²) in [6.45, 7) is 3.20. The molecule has 21 heavy (non-hydrogen) atoms. The fraction of sp³-hybridized carbons (Fsp3) is 0.733. The number of hydrogen-bond acceptors (Lipinski definition) is 4. The predicted molar refractivity (Wildman–Crippen MR) is 87.2 cm³/mol. The van der Waals surface area contributed by atoms with E-state index in [1.807, 2.05) is 11.3 Å². The Morgan fingerprint density at radius 3 is 3.00 bits per heavy atom. The van der Waals surface area contributed by atoms with Gasteiger partial charge in [0.2, 0.25) is 10.0 Å². The zero-order valence-corrected chi connectivity index (χ0v) is 14.2. The van der Waals surface area contributed by atoms with E-state index >= 15 is 0 Å². The average Bonchev–Trinajstić information content (AvgIpc) is 2.99.